The fraction of sp³-hybridized carbons (Fsp3) is 0.700. The summed E-state index contributed by atoms with van der Waals surface area (Å²) in [7, 11) is -4.21. The van der Waals surface area contributed by atoms with Crippen LogP contribution in [0.1, 0.15) is 45.3 Å². The molecule has 2 fully saturated rings. The summed E-state index contributed by atoms with van der Waals surface area (Å²) in [5.74, 6) is 0.555. The van der Waals surface area contributed by atoms with E-state index in [1.54, 1.807) is 17.8 Å². The molecule has 0 radical (unpaired) electrons. The average Bonchev–Trinajstić information content (AvgIpc) is 3.54. The normalized spacial score (nSPS) is 24.2. The standard InChI is InChI=1S/C20H29ClN5O9P/c1-2-32-20(28)33-10-34-36(29,30)11-31-8-14-13(27)7-15(35-14)26-9-22-16-17(23-12-5-3-4-6-12)24-19(21)25-18(16)26/h9,12-15,27H,2-8,10-11H2,1H3,(H,29,30)(H,23,24,25)/t13-,14+,15+/m0/s1. The molecule has 200 valence electrons. The van der Waals surface area contributed by atoms with E-state index < -0.39 is 45.3 Å². The van der Waals surface area contributed by atoms with Gasteiger partial charge in [0, 0.05) is 12.5 Å². The van der Waals surface area contributed by atoms with E-state index in [2.05, 4.69) is 34.3 Å². The molecule has 0 spiro atoms. The highest BCUT2D eigenvalue weighted by molar-refractivity contribution is 7.52. The van der Waals surface area contributed by atoms with Gasteiger partial charge in [0.1, 0.15) is 18.7 Å². The van der Waals surface area contributed by atoms with Gasteiger partial charge in [0.15, 0.2) is 17.0 Å². The molecule has 4 atom stereocenters. The van der Waals surface area contributed by atoms with Crippen LogP contribution in [0.25, 0.3) is 11.2 Å². The molecule has 1 saturated carbocycles. The maximum atomic E-state index is 12.0. The van der Waals surface area contributed by atoms with E-state index >= 15 is 0 Å². The lowest BCUT2D eigenvalue weighted by Gasteiger charge is -2.17. The van der Waals surface area contributed by atoms with Gasteiger partial charge in [-0.25, -0.2) is 9.78 Å². The second-order valence-corrected chi connectivity index (χ2v) is 10.6. The summed E-state index contributed by atoms with van der Waals surface area (Å²) in [6.07, 6.45) is 2.16. The maximum absolute atomic E-state index is 12.0. The van der Waals surface area contributed by atoms with Crippen molar-refractivity contribution in [3.05, 3.63) is 11.6 Å². The van der Waals surface area contributed by atoms with Gasteiger partial charge in [-0.3, -0.25) is 13.7 Å². The molecule has 1 unspecified atom stereocenters. The van der Waals surface area contributed by atoms with Gasteiger partial charge < -0.3 is 34.3 Å². The molecule has 16 heteroatoms. The van der Waals surface area contributed by atoms with Crippen molar-refractivity contribution >= 4 is 42.3 Å². The van der Waals surface area contributed by atoms with Gasteiger partial charge in [-0.1, -0.05) is 12.8 Å². The molecule has 2 aromatic rings. The number of aliphatic hydroxyl groups is 1. The summed E-state index contributed by atoms with van der Waals surface area (Å²) in [5.41, 5.74) is 1.01. The summed E-state index contributed by atoms with van der Waals surface area (Å²) in [6.45, 7) is 0.731. The minimum Gasteiger partial charge on any atom is -0.435 e. The molecular weight excluding hydrogens is 521 g/mol. The third-order valence-electron chi connectivity index (χ3n) is 5.83. The molecule has 2 aliphatic rings. The summed E-state index contributed by atoms with van der Waals surface area (Å²) in [5, 5.41) is 13.9. The van der Waals surface area contributed by atoms with Crippen molar-refractivity contribution < 1.29 is 42.8 Å². The zero-order chi connectivity index (χ0) is 25.7. The van der Waals surface area contributed by atoms with Crippen molar-refractivity contribution in [3.8, 4) is 0 Å². The number of hydrogen-bond donors (Lipinski definition) is 3. The maximum Gasteiger partial charge on any atom is 0.510 e. The van der Waals surface area contributed by atoms with Crippen LogP contribution in [0.15, 0.2) is 6.33 Å². The molecule has 1 saturated heterocycles. The number of hydrogen-bond acceptors (Lipinski definition) is 12. The number of rotatable bonds is 11. The van der Waals surface area contributed by atoms with E-state index in [0.29, 0.717) is 23.0 Å². The van der Waals surface area contributed by atoms with Crippen molar-refractivity contribution in [1.82, 2.24) is 19.5 Å². The fourth-order valence-corrected chi connectivity index (χ4v) is 4.93. The Balaban J connectivity index is 1.32. The Hall–Kier alpha value is -2.06. The van der Waals surface area contributed by atoms with Crippen molar-refractivity contribution in [3.63, 3.8) is 0 Å². The van der Waals surface area contributed by atoms with E-state index in [1.165, 1.54) is 0 Å². The number of aliphatic hydroxyl groups excluding tert-OH is 1. The zero-order valence-corrected chi connectivity index (χ0v) is 21.3. The first-order valence-corrected chi connectivity index (χ1v) is 13.7. The molecule has 1 aliphatic heterocycles. The Morgan fingerprint density at radius 2 is 2.11 bits per heavy atom. The van der Waals surface area contributed by atoms with Crippen LogP contribution in [0, 0.1) is 0 Å². The third-order valence-corrected chi connectivity index (χ3v) is 7.02. The van der Waals surface area contributed by atoms with Crippen molar-refractivity contribution in [1.29, 1.82) is 0 Å². The van der Waals surface area contributed by atoms with Crippen molar-refractivity contribution in [2.45, 2.75) is 63.5 Å². The second kappa shape index (κ2) is 12.0. The van der Waals surface area contributed by atoms with Gasteiger partial charge >= 0.3 is 13.8 Å². The highest BCUT2D eigenvalue weighted by Crippen LogP contribution is 2.42. The predicted octanol–water partition coefficient (Wildman–Crippen LogP) is 2.79. The Morgan fingerprint density at radius 1 is 1.33 bits per heavy atom. The Morgan fingerprint density at radius 3 is 2.86 bits per heavy atom. The molecule has 3 N–H and O–H groups in total. The van der Waals surface area contributed by atoms with E-state index in [4.69, 9.17) is 21.1 Å². The Kier molecular flexibility index (Phi) is 8.99. The molecule has 0 bridgehead atoms. The Labute approximate surface area is 211 Å². The number of carbonyl (C=O) groups excluding carboxylic acids is 1. The number of nitrogens with zero attached hydrogens (tertiary/aromatic N) is 4. The van der Waals surface area contributed by atoms with Gasteiger partial charge in [0.05, 0.1) is 25.6 Å². The second-order valence-electron chi connectivity index (χ2n) is 8.43. The summed E-state index contributed by atoms with van der Waals surface area (Å²) >= 11 is 6.17. The first-order chi connectivity index (χ1) is 17.3. The van der Waals surface area contributed by atoms with Crippen LogP contribution in [0.4, 0.5) is 10.6 Å². The fourth-order valence-electron chi connectivity index (χ4n) is 4.14. The lowest BCUT2D eigenvalue weighted by atomic mass is 10.2. The topological polar surface area (TPSA) is 176 Å². The Bertz CT molecular complexity index is 1100. The van der Waals surface area contributed by atoms with Gasteiger partial charge in [-0.05, 0) is 31.4 Å². The van der Waals surface area contributed by atoms with Gasteiger partial charge in [0.25, 0.3) is 0 Å². The van der Waals surface area contributed by atoms with Gasteiger partial charge in [0.2, 0.25) is 12.1 Å². The average molecular weight is 550 g/mol. The molecular formula is C20H29ClN5O9P. The largest absolute Gasteiger partial charge is 0.510 e. The molecule has 14 nitrogen and oxygen atoms in total. The van der Waals surface area contributed by atoms with E-state index in [1.807, 2.05) is 0 Å². The summed E-state index contributed by atoms with van der Waals surface area (Å²) < 4.78 is 38.5. The number of aromatic nitrogens is 4. The number of anilines is 1. The molecule has 3 heterocycles. The third kappa shape index (κ3) is 6.82. The lowest BCUT2D eigenvalue weighted by molar-refractivity contribution is -0.0579. The lowest BCUT2D eigenvalue weighted by Crippen LogP contribution is -2.26. The molecule has 1 aliphatic carbocycles. The minimum absolute atomic E-state index is 0.0637. The zero-order valence-electron chi connectivity index (χ0n) is 19.6. The summed E-state index contributed by atoms with van der Waals surface area (Å²) in [4.78, 5) is 33.9. The molecule has 2 aromatic heterocycles. The predicted molar refractivity (Wildman–Crippen MR) is 125 cm³/mol. The summed E-state index contributed by atoms with van der Waals surface area (Å²) in [6, 6.07) is 0.304. The van der Waals surface area contributed by atoms with E-state index in [0.717, 1.165) is 25.7 Å². The molecule has 0 aromatic carbocycles. The quantitative estimate of drug-likeness (QED) is 0.161. The highest BCUT2D eigenvalue weighted by atomic mass is 35.5. The monoisotopic (exact) mass is 549 g/mol. The van der Waals surface area contributed by atoms with Crippen LogP contribution in [-0.2, 0) is 28.0 Å². The van der Waals surface area contributed by atoms with Crippen LogP contribution >= 0.6 is 19.2 Å². The van der Waals surface area contributed by atoms with E-state index in [9.17, 15) is 19.4 Å². The number of carbonyl (C=O) groups is 1. The van der Waals surface area contributed by atoms with Gasteiger partial charge in [-0.2, -0.15) is 9.97 Å². The molecule has 4 rings (SSSR count). The van der Waals surface area contributed by atoms with E-state index in [-0.39, 0.29) is 24.9 Å². The van der Waals surface area contributed by atoms with Crippen LogP contribution in [0.5, 0.6) is 0 Å². The highest BCUT2D eigenvalue weighted by Gasteiger charge is 2.37. The SMILES string of the molecule is CCOC(=O)OCOP(=O)(O)COC[C@H]1O[C@@H](n2cnc3c(NC4CCCC4)nc(Cl)nc32)C[C@@H]1O. The minimum atomic E-state index is -4.21. The van der Waals surface area contributed by atoms with Crippen LogP contribution < -0.4 is 5.32 Å². The molecule has 36 heavy (non-hydrogen) atoms. The number of fused-ring (bicyclic) bond motifs is 1. The van der Waals surface area contributed by atoms with Gasteiger partial charge in [-0.15, -0.1) is 0 Å². The number of ether oxygens (including phenoxy) is 4. The first-order valence-electron chi connectivity index (χ1n) is 11.6. The first kappa shape index (κ1) is 27.0. The van der Waals surface area contributed by atoms with Crippen LogP contribution in [0.3, 0.4) is 0 Å². The number of nitrogens with one attached hydrogen (secondary N) is 1. The number of imidazole rings is 1. The van der Waals surface area contributed by atoms with Crippen LogP contribution in [-0.4, -0.2) is 80.3 Å². The van der Waals surface area contributed by atoms with Crippen LogP contribution in [0.2, 0.25) is 5.28 Å². The van der Waals surface area contributed by atoms with Crippen molar-refractivity contribution in [2.75, 3.05) is 31.7 Å². The van der Waals surface area contributed by atoms with Crippen molar-refractivity contribution in [2.24, 2.45) is 0 Å². The molecule has 0 amide bonds. The number of halogens is 1. The smallest absolute Gasteiger partial charge is 0.435 e.